The molecule has 10 nitrogen and oxygen atoms in total. The maximum absolute atomic E-state index is 16.0. The van der Waals surface area contributed by atoms with Gasteiger partial charge in [0, 0.05) is 28.2 Å². The minimum absolute atomic E-state index is 0.0166. The first-order valence-corrected chi connectivity index (χ1v) is 13.7. The Bertz CT molecular complexity index is 1400. The molecule has 4 atom stereocenters. The van der Waals surface area contributed by atoms with Crippen LogP contribution in [0.25, 0.3) is 22.5 Å². The predicted octanol–water partition coefficient (Wildman–Crippen LogP) is 3.84. The topological polar surface area (TPSA) is 118 Å². The number of aromatic nitrogens is 5. The average molecular weight is 534 g/mol. The second-order valence-electron chi connectivity index (χ2n) is 11.7. The van der Waals surface area contributed by atoms with E-state index >= 15 is 4.39 Å². The van der Waals surface area contributed by atoms with Gasteiger partial charge in [-0.05, 0) is 64.5 Å². The summed E-state index contributed by atoms with van der Waals surface area (Å²) in [6, 6.07) is 5.10. The summed E-state index contributed by atoms with van der Waals surface area (Å²) in [5.41, 5.74) is 1.50. The first kappa shape index (κ1) is 24.4. The predicted molar refractivity (Wildman–Crippen MR) is 142 cm³/mol. The molecule has 0 unspecified atom stereocenters. The van der Waals surface area contributed by atoms with Crippen molar-refractivity contribution in [2.75, 3.05) is 18.1 Å². The fourth-order valence-electron chi connectivity index (χ4n) is 6.57. The molecule has 2 N–H and O–H groups in total. The first-order chi connectivity index (χ1) is 18.8. The van der Waals surface area contributed by atoms with E-state index in [1.165, 1.54) is 0 Å². The number of hydrogen-bond acceptors (Lipinski definition) is 10. The first-order valence-electron chi connectivity index (χ1n) is 13.7. The Morgan fingerprint density at radius 3 is 2.56 bits per heavy atom. The molecule has 4 aliphatic rings. The smallest absolute Gasteiger partial charge is 0.278 e. The van der Waals surface area contributed by atoms with Gasteiger partial charge < -0.3 is 24.8 Å². The zero-order valence-corrected chi connectivity index (χ0v) is 22.1. The Morgan fingerprint density at radius 2 is 1.82 bits per heavy atom. The zero-order valence-electron chi connectivity index (χ0n) is 22.1. The van der Waals surface area contributed by atoms with Crippen LogP contribution in [0.3, 0.4) is 0 Å². The fourth-order valence-corrected chi connectivity index (χ4v) is 6.57. The van der Waals surface area contributed by atoms with Gasteiger partial charge >= 0.3 is 0 Å². The third-order valence-corrected chi connectivity index (χ3v) is 8.54. The molecule has 3 fully saturated rings. The molecule has 11 heteroatoms. The van der Waals surface area contributed by atoms with Crippen LogP contribution in [0.2, 0.25) is 0 Å². The normalized spacial score (nSPS) is 29.6. The summed E-state index contributed by atoms with van der Waals surface area (Å²) >= 11 is 0. The molecule has 204 valence electrons. The standard InChI is InChI=1S/C28H32FN7O3/c1-27-8-3-9-28(2,35-27)23(29)21(13-27)36(17-5-6-17)26-31-15-20(33-34-26)18-7-4-16(12-22(18)37)19-14-30-24-25(32-19)39-11-10-38-24/h4,7,12,14-15,17,21,23,35,37H,3,5-6,8-11,13H2,1-2H3/t21-,23-,27-,28+/m0/s1. The van der Waals surface area contributed by atoms with Crippen LogP contribution < -0.4 is 19.7 Å². The molecule has 2 bridgehead atoms. The lowest BCUT2D eigenvalue weighted by Gasteiger charge is -2.57. The van der Waals surface area contributed by atoms with Gasteiger partial charge in [-0.25, -0.2) is 19.3 Å². The van der Waals surface area contributed by atoms with Gasteiger partial charge in [0.1, 0.15) is 30.8 Å². The molecule has 0 radical (unpaired) electrons. The number of hydrogen-bond donors (Lipinski definition) is 2. The summed E-state index contributed by atoms with van der Waals surface area (Å²) in [6.07, 6.45) is 7.76. The van der Waals surface area contributed by atoms with Crippen LogP contribution >= 0.6 is 0 Å². The van der Waals surface area contributed by atoms with Crippen molar-refractivity contribution in [1.29, 1.82) is 0 Å². The van der Waals surface area contributed by atoms with Gasteiger partial charge in [0.05, 0.1) is 24.1 Å². The highest BCUT2D eigenvalue weighted by Gasteiger charge is 2.56. The third-order valence-electron chi connectivity index (χ3n) is 8.54. The van der Waals surface area contributed by atoms with E-state index in [0.717, 1.165) is 32.1 Å². The van der Waals surface area contributed by atoms with Gasteiger partial charge in [0.25, 0.3) is 11.8 Å². The third kappa shape index (κ3) is 4.32. The second kappa shape index (κ2) is 8.97. The highest BCUT2D eigenvalue weighted by Crippen LogP contribution is 2.46. The van der Waals surface area contributed by atoms with Crippen LogP contribution in [-0.4, -0.2) is 72.8 Å². The Kier molecular flexibility index (Phi) is 5.62. The highest BCUT2D eigenvalue weighted by atomic mass is 19.1. The fraction of sp³-hybridized carbons (Fsp3) is 0.536. The van der Waals surface area contributed by atoms with E-state index in [1.807, 2.05) is 13.0 Å². The highest BCUT2D eigenvalue weighted by molar-refractivity contribution is 5.72. The van der Waals surface area contributed by atoms with Crippen LogP contribution in [0.5, 0.6) is 17.5 Å². The molecular weight excluding hydrogens is 501 g/mol. The van der Waals surface area contributed by atoms with Crippen molar-refractivity contribution in [3.05, 3.63) is 30.6 Å². The molecular formula is C28H32FN7O3. The monoisotopic (exact) mass is 533 g/mol. The number of piperidine rings is 2. The number of ether oxygens (including phenoxy) is 2. The Morgan fingerprint density at radius 1 is 1.03 bits per heavy atom. The van der Waals surface area contributed by atoms with E-state index in [2.05, 4.69) is 42.3 Å². The van der Waals surface area contributed by atoms with Crippen LogP contribution in [0.15, 0.2) is 30.6 Å². The summed E-state index contributed by atoms with van der Waals surface area (Å²) in [5, 5.41) is 23.3. The maximum atomic E-state index is 16.0. The van der Waals surface area contributed by atoms with Crippen molar-refractivity contribution < 1.29 is 19.0 Å². The number of nitrogens with zero attached hydrogens (tertiary/aromatic N) is 6. The van der Waals surface area contributed by atoms with Gasteiger partial charge in [-0.2, -0.15) is 0 Å². The van der Waals surface area contributed by atoms with Gasteiger partial charge in [0.2, 0.25) is 5.95 Å². The number of phenolic OH excluding ortho intramolecular Hbond substituents is 1. The van der Waals surface area contributed by atoms with Crippen LogP contribution in [0.1, 0.15) is 52.4 Å². The maximum Gasteiger partial charge on any atom is 0.278 e. The molecule has 0 spiro atoms. The summed E-state index contributed by atoms with van der Waals surface area (Å²) in [5.74, 6) is 1.17. The van der Waals surface area contributed by atoms with Crippen LogP contribution in [0.4, 0.5) is 10.3 Å². The molecule has 39 heavy (non-hydrogen) atoms. The van der Waals surface area contributed by atoms with E-state index < -0.39 is 11.7 Å². The minimum Gasteiger partial charge on any atom is -0.507 e. The number of fused-ring (bicyclic) bond motifs is 3. The number of rotatable bonds is 5. The molecule has 3 aromatic rings. The number of nitrogens with one attached hydrogen (secondary N) is 1. The van der Waals surface area contributed by atoms with Crippen molar-refractivity contribution in [1.82, 2.24) is 30.5 Å². The van der Waals surface area contributed by atoms with Gasteiger partial charge in [-0.15, -0.1) is 10.2 Å². The molecule has 7 rings (SSSR count). The summed E-state index contributed by atoms with van der Waals surface area (Å²) in [6.45, 7) is 5.07. The lowest BCUT2D eigenvalue weighted by Crippen LogP contribution is -2.73. The lowest BCUT2D eigenvalue weighted by atomic mass is 9.68. The molecule has 2 aromatic heterocycles. The van der Waals surface area contributed by atoms with Crippen LogP contribution in [-0.2, 0) is 0 Å². The van der Waals surface area contributed by atoms with Crippen molar-refractivity contribution >= 4 is 5.95 Å². The molecule has 1 saturated carbocycles. The number of phenols is 1. The molecule has 1 aromatic carbocycles. The Hall–Kier alpha value is -3.60. The van der Waals surface area contributed by atoms with Crippen LogP contribution in [0, 0.1) is 0 Å². The number of halogens is 1. The molecule has 0 amide bonds. The Balaban J connectivity index is 1.15. The van der Waals surface area contributed by atoms with Crippen molar-refractivity contribution in [3.63, 3.8) is 0 Å². The molecule has 1 aliphatic carbocycles. The largest absolute Gasteiger partial charge is 0.507 e. The number of anilines is 1. The van der Waals surface area contributed by atoms with Crippen molar-refractivity contribution in [3.8, 4) is 40.0 Å². The number of benzene rings is 1. The van der Waals surface area contributed by atoms with E-state index in [4.69, 9.17) is 9.47 Å². The lowest BCUT2D eigenvalue weighted by molar-refractivity contribution is 0.0000874. The molecule has 5 heterocycles. The average Bonchev–Trinajstić information content (AvgIpc) is 3.77. The minimum atomic E-state index is -1.03. The van der Waals surface area contributed by atoms with Gasteiger partial charge in [-0.3, -0.25) is 0 Å². The summed E-state index contributed by atoms with van der Waals surface area (Å²) in [4.78, 5) is 15.4. The summed E-state index contributed by atoms with van der Waals surface area (Å²) < 4.78 is 27.0. The molecule has 2 saturated heterocycles. The Labute approximate surface area is 226 Å². The second-order valence-corrected chi connectivity index (χ2v) is 11.7. The summed E-state index contributed by atoms with van der Waals surface area (Å²) in [7, 11) is 0. The molecule has 3 aliphatic heterocycles. The van der Waals surface area contributed by atoms with E-state index in [1.54, 1.807) is 24.5 Å². The van der Waals surface area contributed by atoms with Crippen molar-refractivity contribution in [2.24, 2.45) is 0 Å². The van der Waals surface area contributed by atoms with Crippen molar-refractivity contribution in [2.45, 2.75) is 81.7 Å². The number of alkyl halides is 1. The van der Waals surface area contributed by atoms with Gasteiger partial charge in [0.15, 0.2) is 0 Å². The zero-order chi connectivity index (χ0) is 26.8. The number of aromatic hydroxyl groups is 1. The van der Waals surface area contributed by atoms with E-state index in [0.29, 0.717) is 59.9 Å². The SMILES string of the molecule is C[C@@]12CCC[C@@](C)(N1)[C@@H](F)[C@@H](N(c1ncc(-c3ccc(-c4cnc5c(n4)OCCO5)cc3O)nn1)C1CC1)C2. The van der Waals surface area contributed by atoms with E-state index in [9.17, 15) is 5.11 Å². The quantitative estimate of drug-likeness (QED) is 0.501. The van der Waals surface area contributed by atoms with Gasteiger partial charge in [-0.1, -0.05) is 6.07 Å². The van der Waals surface area contributed by atoms with E-state index in [-0.39, 0.29) is 23.4 Å².